The number of hydrogen-bond acceptors (Lipinski definition) is 5. The Morgan fingerprint density at radius 3 is 2.64 bits per heavy atom. The highest BCUT2D eigenvalue weighted by atomic mass is 35.5. The molecular weight excluding hydrogens is 308 g/mol. The fraction of sp³-hybridized carbons (Fsp3) is 0.500. The summed E-state index contributed by atoms with van der Waals surface area (Å²) in [6.07, 6.45) is 1.04. The largest absolute Gasteiger partial charge is 0.315 e. The lowest BCUT2D eigenvalue weighted by molar-refractivity contribution is -0.384. The Hall–Kier alpha value is -1.70. The molecule has 0 radical (unpaired) electrons. The van der Waals surface area contributed by atoms with Crippen LogP contribution in [0.3, 0.4) is 0 Å². The van der Waals surface area contributed by atoms with Crippen molar-refractivity contribution in [3.8, 4) is 0 Å². The van der Waals surface area contributed by atoms with E-state index in [2.05, 4.69) is 10.2 Å². The van der Waals surface area contributed by atoms with Crippen molar-refractivity contribution in [2.45, 2.75) is 6.42 Å². The van der Waals surface area contributed by atoms with E-state index in [1.165, 1.54) is 12.1 Å². The zero-order chi connectivity index (χ0) is 15.2. The third-order valence-corrected chi connectivity index (χ3v) is 3.61. The average Bonchev–Trinajstić information content (AvgIpc) is 2.75. The number of amides is 1. The van der Waals surface area contributed by atoms with Crippen molar-refractivity contribution in [3.63, 3.8) is 0 Å². The van der Waals surface area contributed by atoms with Gasteiger partial charge < -0.3 is 10.2 Å². The van der Waals surface area contributed by atoms with Crippen LogP contribution in [-0.4, -0.2) is 55.5 Å². The van der Waals surface area contributed by atoms with Gasteiger partial charge in [-0.05, 0) is 31.6 Å². The average molecular weight is 329 g/mol. The lowest BCUT2D eigenvalue weighted by atomic mass is 10.2. The molecule has 7 nitrogen and oxygen atoms in total. The molecule has 122 valence electrons. The molecule has 1 aliphatic heterocycles. The van der Waals surface area contributed by atoms with Gasteiger partial charge in [0.1, 0.15) is 0 Å². The third kappa shape index (κ3) is 4.94. The van der Waals surface area contributed by atoms with E-state index in [-0.39, 0.29) is 24.0 Å². The smallest absolute Gasteiger partial charge is 0.269 e. The van der Waals surface area contributed by atoms with E-state index in [0.29, 0.717) is 12.2 Å². The number of nitrogens with one attached hydrogen (secondary N) is 1. The topological polar surface area (TPSA) is 78.7 Å². The molecule has 8 heteroatoms. The van der Waals surface area contributed by atoms with E-state index < -0.39 is 4.92 Å². The standard InChI is InChI=1S/C14H20N4O3.ClH/c1-16(12-3-5-13(6-4-12)18(20)21)14(19)11-17-9-2-7-15-8-10-17;/h3-6,15H,2,7-11H2,1H3;1H. The number of carbonyl (C=O) groups excluding carboxylic acids is 1. The molecule has 1 aromatic carbocycles. The quantitative estimate of drug-likeness (QED) is 0.665. The van der Waals surface area contributed by atoms with Crippen LogP contribution in [0.15, 0.2) is 24.3 Å². The summed E-state index contributed by atoms with van der Waals surface area (Å²) in [5, 5.41) is 13.9. The van der Waals surface area contributed by atoms with Crippen LogP contribution in [0.25, 0.3) is 0 Å². The van der Waals surface area contributed by atoms with Crippen molar-refractivity contribution in [3.05, 3.63) is 34.4 Å². The van der Waals surface area contributed by atoms with Crippen molar-refractivity contribution in [1.82, 2.24) is 10.2 Å². The van der Waals surface area contributed by atoms with Crippen LogP contribution < -0.4 is 10.2 Å². The van der Waals surface area contributed by atoms with Gasteiger partial charge in [-0.25, -0.2) is 0 Å². The van der Waals surface area contributed by atoms with Gasteiger partial charge in [-0.1, -0.05) is 0 Å². The molecule has 0 saturated carbocycles. The van der Waals surface area contributed by atoms with Crippen LogP contribution in [0.4, 0.5) is 11.4 Å². The predicted molar refractivity (Wildman–Crippen MR) is 87.7 cm³/mol. The summed E-state index contributed by atoms with van der Waals surface area (Å²) in [7, 11) is 1.69. The van der Waals surface area contributed by atoms with Gasteiger partial charge >= 0.3 is 0 Å². The van der Waals surface area contributed by atoms with E-state index in [4.69, 9.17) is 0 Å². The van der Waals surface area contributed by atoms with Crippen molar-refractivity contribution >= 4 is 29.7 Å². The zero-order valence-electron chi connectivity index (χ0n) is 12.5. The Morgan fingerprint density at radius 2 is 2.00 bits per heavy atom. The lowest BCUT2D eigenvalue weighted by Gasteiger charge is -2.23. The minimum absolute atomic E-state index is 0. The van der Waals surface area contributed by atoms with Gasteiger partial charge in [0.15, 0.2) is 0 Å². The molecule has 0 atom stereocenters. The lowest BCUT2D eigenvalue weighted by Crippen LogP contribution is -2.39. The molecule has 0 aromatic heterocycles. The van der Waals surface area contributed by atoms with Crippen molar-refractivity contribution < 1.29 is 9.72 Å². The maximum Gasteiger partial charge on any atom is 0.269 e. The van der Waals surface area contributed by atoms with Crippen molar-refractivity contribution in [2.75, 3.05) is 44.7 Å². The highest BCUT2D eigenvalue weighted by molar-refractivity contribution is 5.94. The number of benzene rings is 1. The molecule has 1 amide bonds. The van der Waals surface area contributed by atoms with Crippen molar-refractivity contribution in [2.24, 2.45) is 0 Å². The van der Waals surface area contributed by atoms with Gasteiger partial charge in [0.05, 0.1) is 11.5 Å². The third-order valence-electron chi connectivity index (χ3n) is 3.61. The van der Waals surface area contributed by atoms with Gasteiger partial charge in [-0.2, -0.15) is 0 Å². The summed E-state index contributed by atoms with van der Waals surface area (Å²) < 4.78 is 0. The number of rotatable bonds is 4. The summed E-state index contributed by atoms with van der Waals surface area (Å²) >= 11 is 0. The molecule has 0 spiro atoms. The van der Waals surface area contributed by atoms with Gasteiger partial charge in [0.2, 0.25) is 5.91 Å². The molecule has 1 saturated heterocycles. The number of hydrogen-bond donors (Lipinski definition) is 1. The van der Waals surface area contributed by atoms with Crippen LogP contribution in [0.5, 0.6) is 0 Å². The summed E-state index contributed by atoms with van der Waals surface area (Å²) in [6, 6.07) is 6.02. The summed E-state index contributed by atoms with van der Waals surface area (Å²) in [5.41, 5.74) is 0.691. The summed E-state index contributed by atoms with van der Waals surface area (Å²) in [6.45, 7) is 4.03. The first kappa shape index (κ1) is 18.3. The number of nitrogens with zero attached hydrogens (tertiary/aromatic N) is 3. The molecular formula is C14H21ClN4O3. The maximum absolute atomic E-state index is 12.3. The van der Waals surface area contributed by atoms with E-state index >= 15 is 0 Å². The number of carbonyl (C=O) groups is 1. The van der Waals surface area contributed by atoms with Crippen LogP contribution in [-0.2, 0) is 4.79 Å². The zero-order valence-corrected chi connectivity index (χ0v) is 13.3. The second-order valence-corrected chi connectivity index (χ2v) is 5.11. The van der Waals surface area contributed by atoms with Crippen LogP contribution in [0.2, 0.25) is 0 Å². The normalized spacial score (nSPS) is 15.5. The summed E-state index contributed by atoms with van der Waals surface area (Å²) in [4.78, 5) is 26.1. The van der Waals surface area contributed by atoms with Gasteiger partial charge in [-0.3, -0.25) is 19.8 Å². The fourth-order valence-electron chi connectivity index (χ4n) is 2.30. The number of halogens is 1. The van der Waals surface area contributed by atoms with Gasteiger partial charge in [0.25, 0.3) is 5.69 Å². The monoisotopic (exact) mass is 328 g/mol. The maximum atomic E-state index is 12.3. The van der Waals surface area contributed by atoms with Crippen LogP contribution >= 0.6 is 12.4 Å². The SMILES string of the molecule is CN(C(=O)CN1CCCNCC1)c1ccc([N+](=O)[O-])cc1.Cl. The minimum atomic E-state index is -0.449. The fourth-order valence-corrected chi connectivity index (χ4v) is 2.30. The molecule has 22 heavy (non-hydrogen) atoms. The Balaban J connectivity index is 0.00000242. The Kier molecular flexibility index (Phi) is 7.23. The van der Waals surface area contributed by atoms with E-state index in [1.807, 2.05) is 0 Å². The van der Waals surface area contributed by atoms with Crippen molar-refractivity contribution in [1.29, 1.82) is 0 Å². The molecule has 1 N–H and O–H groups in total. The second-order valence-electron chi connectivity index (χ2n) is 5.11. The van der Waals surface area contributed by atoms with E-state index in [1.54, 1.807) is 24.1 Å². The van der Waals surface area contributed by atoms with E-state index in [9.17, 15) is 14.9 Å². The Morgan fingerprint density at radius 1 is 1.32 bits per heavy atom. The molecule has 1 aliphatic rings. The number of nitro benzene ring substituents is 1. The highest BCUT2D eigenvalue weighted by Gasteiger charge is 2.17. The molecule has 0 aliphatic carbocycles. The molecule has 1 aromatic rings. The minimum Gasteiger partial charge on any atom is -0.315 e. The first-order chi connectivity index (χ1) is 10.1. The molecule has 2 rings (SSSR count). The molecule has 1 heterocycles. The van der Waals surface area contributed by atoms with Gasteiger partial charge in [-0.15, -0.1) is 12.4 Å². The number of nitro groups is 1. The molecule has 1 fully saturated rings. The second kappa shape index (κ2) is 8.67. The first-order valence-corrected chi connectivity index (χ1v) is 7.02. The summed E-state index contributed by atoms with van der Waals surface area (Å²) in [5.74, 6) is -0.00856. The highest BCUT2D eigenvalue weighted by Crippen LogP contribution is 2.18. The predicted octanol–water partition coefficient (Wildman–Crippen LogP) is 1.27. The number of non-ortho nitro benzene ring substituents is 1. The first-order valence-electron chi connectivity index (χ1n) is 7.02. The number of anilines is 1. The Bertz CT molecular complexity index is 501. The van der Waals surface area contributed by atoms with Gasteiger partial charge in [0, 0.05) is 38.0 Å². The number of likely N-dealkylation sites (N-methyl/N-ethyl adjacent to an activating group) is 1. The Labute approximate surface area is 135 Å². The molecule has 0 unspecified atom stereocenters. The van der Waals surface area contributed by atoms with E-state index in [0.717, 1.165) is 32.6 Å². The molecule has 0 bridgehead atoms. The van der Waals surface area contributed by atoms with Crippen LogP contribution in [0, 0.1) is 10.1 Å². The van der Waals surface area contributed by atoms with Crippen LogP contribution in [0.1, 0.15) is 6.42 Å².